The zero-order valence-corrected chi connectivity index (χ0v) is 9.59. The maximum absolute atomic E-state index is 10.8. The zero-order valence-electron chi connectivity index (χ0n) is 9.59. The Balaban J connectivity index is 3.63. The minimum absolute atomic E-state index is 0.219. The first kappa shape index (κ1) is 14.9. The Morgan fingerprint density at radius 1 is 1.44 bits per heavy atom. The molecule has 0 aromatic carbocycles. The summed E-state index contributed by atoms with van der Waals surface area (Å²) in [6, 6.07) is 0. The highest BCUT2D eigenvalue weighted by Gasteiger charge is 2.11. The van der Waals surface area contributed by atoms with E-state index in [1.807, 2.05) is 0 Å². The van der Waals surface area contributed by atoms with Gasteiger partial charge in [0.1, 0.15) is 6.10 Å². The average molecular weight is 232 g/mol. The van der Waals surface area contributed by atoms with Crippen molar-refractivity contribution in [1.29, 1.82) is 0 Å². The van der Waals surface area contributed by atoms with Crippen molar-refractivity contribution >= 4 is 6.16 Å². The summed E-state index contributed by atoms with van der Waals surface area (Å²) in [4.78, 5) is 10.8. The van der Waals surface area contributed by atoms with E-state index < -0.39 is 12.3 Å². The van der Waals surface area contributed by atoms with Gasteiger partial charge < -0.3 is 19.7 Å². The topological polar surface area (TPSA) is 76.0 Å². The highest BCUT2D eigenvalue weighted by Crippen LogP contribution is 2.10. The smallest absolute Gasteiger partial charge is 0.438 e. The molecule has 5 nitrogen and oxygen atoms in total. The van der Waals surface area contributed by atoms with E-state index in [0.29, 0.717) is 12.8 Å². The van der Waals surface area contributed by atoms with Crippen molar-refractivity contribution < 1.29 is 24.5 Å². The number of hydrogen-bond acceptors (Lipinski definition) is 5. The minimum Gasteiger partial charge on any atom is -0.438 e. The number of hydrogen-bond donors (Lipinski definition) is 2. The molecule has 2 atom stereocenters. The maximum Gasteiger partial charge on any atom is 0.508 e. The fraction of sp³-hybridized carbons (Fsp3) is 0.727. The summed E-state index contributed by atoms with van der Waals surface area (Å²) in [6.45, 7) is 3.34. The van der Waals surface area contributed by atoms with Gasteiger partial charge in [0.25, 0.3) is 0 Å². The Labute approximate surface area is 95.7 Å². The first-order valence-corrected chi connectivity index (χ1v) is 5.30. The van der Waals surface area contributed by atoms with E-state index in [4.69, 9.17) is 14.9 Å². The van der Waals surface area contributed by atoms with Crippen molar-refractivity contribution in [2.24, 2.45) is 0 Å². The van der Waals surface area contributed by atoms with Crippen molar-refractivity contribution in [2.75, 3.05) is 13.7 Å². The molecule has 0 fully saturated rings. The molecule has 5 heteroatoms. The Bertz CT molecular complexity index is 205. The number of aliphatic hydroxyl groups is 2. The molecular weight excluding hydrogens is 212 g/mol. The maximum atomic E-state index is 10.8. The zero-order chi connectivity index (χ0) is 12.4. The van der Waals surface area contributed by atoms with E-state index in [9.17, 15) is 4.79 Å². The normalized spacial score (nSPS) is 13.9. The summed E-state index contributed by atoms with van der Waals surface area (Å²) in [5.74, 6) is 0. The van der Waals surface area contributed by atoms with Gasteiger partial charge >= 0.3 is 6.16 Å². The molecule has 0 aromatic rings. The van der Waals surface area contributed by atoms with E-state index >= 15 is 0 Å². The predicted molar refractivity (Wildman–Crippen MR) is 59.0 cm³/mol. The Kier molecular flexibility index (Phi) is 8.56. The lowest BCUT2D eigenvalue weighted by Gasteiger charge is -2.13. The van der Waals surface area contributed by atoms with Crippen LogP contribution in [0.4, 0.5) is 4.79 Å². The highest BCUT2D eigenvalue weighted by atomic mass is 16.7. The second-order valence-electron chi connectivity index (χ2n) is 3.47. The molecule has 0 spiro atoms. The van der Waals surface area contributed by atoms with Crippen molar-refractivity contribution in [3.05, 3.63) is 12.7 Å². The first-order valence-electron chi connectivity index (χ1n) is 5.30. The van der Waals surface area contributed by atoms with Gasteiger partial charge in [0.2, 0.25) is 0 Å². The lowest BCUT2D eigenvalue weighted by atomic mass is 10.1. The Hall–Kier alpha value is -1.07. The standard InChI is InChI=1S/C11H20O5/c1-3-10(16-11(14)15-2)7-5-4-6-9(13)8-12/h3,9-10,12-13H,1,4-8H2,2H3. The molecule has 0 saturated heterocycles. The van der Waals surface area contributed by atoms with Gasteiger partial charge in [-0.15, -0.1) is 0 Å². The minimum atomic E-state index is -0.722. The van der Waals surface area contributed by atoms with Crippen LogP contribution in [-0.4, -0.2) is 42.3 Å². The van der Waals surface area contributed by atoms with Crippen molar-refractivity contribution in [3.8, 4) is 0 Å². The van der Waals surface area contributed by atoms with Crippen LogP contribution in [0.25, 0.3) is 0 Å². The number of carbonyl (C=O) groups is 1. The lowest BCUT2D eigenvalue weighted by Crippen LogP contribution is -2.16. The molecule has 94 valence electrons. The van der Waals surface area contributed by atoms with Crippen LogP contribution in [0.3, 0.4) is 0 Å². The molecule has 0 radical (unpaired) electrons. The summed E-state index contributed by atoms with van der Waals surface area (Å²) in [5.41, 5.74) is 0. The molecule has 0 rings (SSSR count). The number of carbonyl (C=O) groups excluding carboxylic acids is 1. The second kappa shape index (κ2) is 9.18. The molecule has 0 saturated carbocycles. The van der Waals surface area contributed by atoms with Gasteiger partial charge in [-0.25, -0.2) is 4.79 Å². The number of methoxy groups -OCH3 is 1. The van der Waals surface area contributed by atoms with Crippen molar-refractivity contribution in [2.45, 2.75) is 37.9 Å². The molecule has 0 aliphatic heterocycles. The van der Waals surface area contributed by atoms with Crippen LogP contribution in [0.1, 0.15) is 25.7 Å². The molecule has 2 N–H and O–H groups in total. The van der Waals surface area contributed by atoms with E-state index in [0.717, 1.165) is 12.8 Å². The molecule has 0 aliphatic rings. The molecule has 0 heterocycles. The fourth-order valence-corrected chi connectivity index (χ4v) is 1.21. The molecule has 0 aromatic heterocycles. The van der Waals surface area contributed by atoms with Gasteiger partial charge in [-0.3, -0.25) is 0 Å². The summed E-state index contributed by atoms with van der Waals surface area (Å²) in [6.07, 6.45) is 2.51. The van der Waals surface area contributed by atoms with E-state index in [-0.39, 0.29) is 12.7 Å². The van der Waals surface area contributed by atoms with Crippen LogP contribution in [-0.2, 0) is 9.47 Å². The highest BCUT2D eigenvalue weighted by molar-refractivity contribution is 5.60. The van der Waals surface area contributed by atoms with Crippen LogP contribution in [0.15, 0.2) is 12.7 Å². The number of rotatable bonds is 8. The third-order valence-electron chi connectivity index (χ3n) is 2.16. The van der Waals surface area contributed by atoms with Gasteiger partial charge in [0.15, 0.2) is 0 Å². The van der Waals surface area contributed by atoms with Crippen LogP contribution in [0.5, 0.6) is 0 Å². The van der Waals surface area contributed by atoms with Crippen LogP contribution >= 0.6 is 0 Å². The van der Waals surface area contributed by atoms with Gasteiger partial charge in [-0.05, 0) is 19.3 Å². The first-order chi connectivity index (χ1) is 7.63. The van der Waals surface area contributed by atoms with Gasteiger partial charge in [-0.1, -0.05) is 19.1 Å². The number of unbranched alkanes of at least 4 members (excludes halogenated alkanes) is 1. The third kappa shape index (κ3) is 7.25. The number of ether oxygens (including phenoxy) is 2. The summed E-state index contributed by atoms with van der Waals surface area (Å²) >= 11 is 0. The SMILES string of the molecule is C=CC(CCCCC(O)CO)OC(=O)OC. The van der Waals surface area contributed by atoms with Crippen molar-refractivity contribution in [3.63, 3.8) is 0 Å². The van der Waals surface area contributed by atoms with Gasteiger partial charge in [-0.2, -0.15) is 0 Å². The molecule has 0 bridgehead atoms. The van der Waals surface area contributed by atoms with Crippen LogP contribution in [0.2, 0.25) is 0 Å². The molecule has 16 heavy (non-hydrogen) atoms. The van der Waals surface area contributed by atoms with Crippen molar-refractivity contribution in [1.82, 2.24) is 0 Å². The van der Waals surface area contributed by atoms with Gasteiger partial charge in [0.05, 0.1) is 19.8 Å². The molecular formula is C11H20O5. The van der Waals surface area contributed by atoms with E-state index in [2.05, 4.69) is 11.3 Å². The van der Waals surface area contributed by atoms with Crippen LogP contribution in [0, 0.1) is 0 Å². The molecule has 0 amide bonds. The lowest BCUT2D eigenvalue weighted by molar-refractivity contribution is 0.0481. The summed E-state index contributed by atoms with van der Waals surface area (Å²) in [7, 11) is 1.25. The van der Waals surface area contributed by atoms with Gasteiger partial charge in [0, 0.05) is 0 Å². The predicted octanol–water partition coefficient (Wildman–Crippen LogP) is 1.24. The second-order valence-corrected chi connectivity index (χ2v) is 3.47. The molecule has 2 unspecified atom stereocenters. The van der Waals surface area contributed by atoms with E-state index in [1.54, 1.807) is 6.08 Å². The monoisotopic (exact) mass is 232 g/mol. The summed E-state index contributed by atoms with van der Waals surface area (Å²) < 4.78 is 9.25. The average Bonchev–Trinajstić information content (AvgIpc) is 2.32. The Morgan fingerprint density at radius 3 is 2.56 bits per heavy atom. The van der Waals surface area contributed by atoms with Crippen LogP contribution < -0.4 is 0 Å². The Morgan fingerprint density at radius 2 is 2.06 bits per heavy atom. The molecule has 0 aliphatic carbocycles. The largest absolute Gasteiger partial charge is 0.508 e. The number of aliphatic hydroxyl groups excluding tert-OH is 2. The van der Waals surface area contributed by atoms with E-state index in [1.165, 1.54) is 7.11 Å². The third-order valence-corrected chi connectivity index (χ3v) is 2.16. The summed E-state index contributed by atoms with van der Waals surface area (Å²) in [5, 5.41) is 17.7. The fourth-order valence-electron chi connectivity index (χ4n) is 1.21. The quantitative estimate of drug-likeness (QED) is 0.374.